The Bertz CT molecular complexity index is 506. The zero-order valence-electron chi connectivity index (χ0n) is 10.8. The zero-order valence-corrected chi connectivity index (χ0v) is 10.8. The van der Waals surface area contributed by atoms with Crippen molar-refractivity contribution in [3.05, 3.63) is 29.8 Å². The van der Waals surface area contributed by atoms with Crippen molar-refractivity contribution in [2.24, 2.45) is 5.92 Å². The van der Waals surface area contributed by atoms with E-state index in [1.165, 1.54) is 6.42 Å². The lowest BCUT2D eigenvalue weighted by atomic mass is 9.94. The van der Waals surface area contributed by atoms with Gasteiger partial charge in [0.2, 0.25) is 5.91 Å². The summed E-state index contributed by atoms with van der Waals surface area (Å²) in [6, 6.07) is 7.42. The second-order valence-corrected chi connectivity index (χ2v) is 5.17. The molecule has 1 atom stereocenters. The third-order valence-corrected chi connectivity index (χ3v) is 3.86. The van der Waals surface area contributed by atoms with Crippen molar-refractivity contribution >= 4 is 11.9 Å². The molecule has 4 heteroatoms. The highest BCUT2D eigenvalue weighted by atomic mass is 16.5. The van der Waals surface area contributed by atoms with Crippen LogP contribution in [0.25, 0.3) is 0 Å². The van der Waals surface area contributed by atoms with E-state index >= 15 is 0 Å². The molecule has 2 heterocycles. The number of esters is 1. The third kappa shape index (κ3) is 2.35. The van der Waals surface area contributed by atoms with Gasteiger partial charge in [-0.15, -0.1) is 0 Å². The van der Waals surface area contributed by atoms with Gasteiger partial charge in [-0.05, 0) is 37.3 Å². The maximum Gasteiger partial charge on any atom is 0.324 e. The first-order valence-electron chi connectivity index (χ1n) is 6.84. The summed E-state index contributed by atoms with van der Waals surface area (Å²) in [7, 11) is 0. The Morgan fingerprint density at radius 3 is 2.68 bits per heavy atom. The van der Waals surface area contributed by atoms with Gasteiger partial charge in [0, 0.05) is 13.1 Å². The standard InChI is InChI=1S/C15H17NO3/c17-14(16-8-4-1-5-9-16)12-10-11-6-2-3-7-13(11)19-15(12)18/h2-3,6-7,12H,1,4-5,8-10H2/t12-/m1/s1. The smallest absolute Gasteiger partial charge is 0.324 e. The molecule has 1 fully saturated rings. The number of carbonyl (C=O) groups excluding carboxylic acids is 2. The molecule has 0 spiro atoms. The fraction of sp³-hybridized carbons (Fsp3) is 0.467. The minimum absolute atomic E-state index is 0.0702. The SMILES string of the molecule is O=C1Oc2ccccc2C[C@@H]1C(=O)N1CCCCC1. The van der Waals surface area contributed by atoms with Crippen LogP contribution in [0.15, 0.2) is 24.3 Å². The number of hydrogen-bond acceptors (Lipinski definition) is 3. The highest BCUT2D eigenvalue weighted by molar-refractivity contribution is 6.00. The van der Waals surface area contributed by atoms with Gasteiger partial charge in [-0.2, -0.15) is 0 Å². The monoisotopic (exact) mass is 259 g/mol. The molecule has 2 aliphatic heterocycles. The second-order valence-electron chi connectivity index (χ2n) is 5.17. The van der Waals surface area contributed by atoms with Gasteiger partial charge in [-0.25, -0.2) is 0 Å². The highest BCUT2D eigenvalue weighted by Gasteiger charge is 2.36. The minimum Gasteiger partial charge on any atom is -0.426 e. The molecule has 0 N–H and O–H groups in total. The molecule has 0 radical (unpaired) electrons. The summed E-state index contributed by atoms with van der Waals surface area (Å²) < 4.78 is 5.27. The van der Waals surface area contributed by atoms with Crippen molar-refractivity contribution < 1.29 is 14.3 Å². The van der Waals surface area contributed by atoms with Gasteiger partial charge >= 0.3 is 5.97 Å². The lowest BCUT2D eigenvalue weighted by Gasteiger charge is -2.31. The first-order chi connectivity index (χ1) is 9.25. The predicted octanol–water partition coefficient (Wildman–Crippen LogP) is 1.78. The van der Waals surface area contributed by atoms with Crippen LogP contribution >= 0.6 is 0 Å². The Morgan fingerprint density at radius 2 is 1.89 bits per heavy atom. The molecule has 0 aromatic heterocycles. The summed E-state index contributed by atoms with van der Waals surface area (Å²) in [5, 5.41) is 0. The van der Waals surface area contributed by atoms with Crippen LogP contribution in [-0.2, 0) is 16.0 Å². The minimum atomic E-state index is -0.659. The summed E-state index contributed by atoms with van der Waals surface area (Å²) in [5.41, 5.74) is 0.942. The van der Waals surface area contributed by atoms with E-state index < -0.39 is 11.9 Å². The number of ether oxygens (including phenoxy) is 1. The van der Waals surface area contributed by atoms with Crippen molar-refractivity contribution in [2.75, 3.05) is 13.1 Å². The molecular formula is C15H17NO3. The van der Waals surface area contributed by atoms with E-state index in [4.69, 9.17) is 4.74 Å². The molecule has 0 bridgehead atoms. The Hall–Kier alpha value is -1.84. The first kappa shape index (κ1) is 12.2. The van der Waals surface area contributed by atoms with Gasteiger partial charge in [-0.3, -0.25) is 9.59 Å². The number of amides is 1. The molecule has 1 amide bonds. The Balaban J connectivity index is 1.78. The number of hydrogen-bond donors (Lipinski definition) is 0. The van der Waals surface area contributed by atoms with E-state index in [2.05, 4.69) is 0 Å². The van der Waals surface area contributed by atoms with Crippen molar-refractivity contribution in [1.82, 2.24) is 4.90 Å². The number of carbonyl (C=O) groups is 2. The molecule has 1 saturated heterocycles. The number of para-hydroxylation sites is 1. The third-order valence-electron chi connectivity index (χ3n) is 3.86. The van der Waals surface area contributed by atoms with Crippen LogP contribution in [0, 0.1) is 5.92 Å². The molecule has 0 aliphatic carbocycles. The number of fused-ring (bicyclic) bond motifs is 1. The number of rotatable bonds is 1. The quantitative estimate of drug-likeness (QED) is 0.439. The molecule has 100 valence electrons. The zero-order chi connectivity index (χ0) is 13.2. The van der Waals surface area contributed by atoms with Crippen LogP contribution in [0.4, 0.5) is 0 Å². The number of likely N-dealkylation sites (tertiary alicyclic amines) is 1. The van der Waals surface area contributed by atoms with E-state index in [1.54, 1.807) is 6.07 Å². The molecular weight excluding hydrogens is 242 g/mol. The van der Waals surface area contributed by atoms with E-state index in [1.807, 2.05) is 23.1 Å². The van der Waals surface area contributed by atoms with Gasteiger partial charge in [0.25, 0.3) is 0 Å². The molecule has 3 rings (SSSR count). The van der Waals surface area contributed by atoms with Gasteiger partial charge in [0.1, 0.15) is 11.7 Å². The molecule has 0 saturated carbocycles. The van der Waals surface area contributed by atoms with Crippen molar-refractivity contribution in [2.45, 2.75) is 25.7 Å². The largest absolute Gasteiger partial charge is 0.426 e. The lowest BCUT2D eigenvalue weighted by molar-refractivity contribution is -0.150. The van der Waals surface area contributed by atoms with E-state index in [0.717, 1.165) is 31.5 Å². The van der Waals surface area contributed by atoms with Crippen LogP contribution in [0.3, 0.4) is 0 Å². The van der Waals surface area contributed by atoms with Gasteiger partial charge in [-0.1, -0.05) is 18.2 Å². The van der Waals surface area contributed by atoms with Crippen molar-refractivity contribution in [3.8, 4) is 5.75 Å². The van der Waals surface area contributed by atoms with Crippen LogP contribution in [0.2, 0.25) is 0 Å². The van der Waals surface area contributed by atoms with Crippen molar-refractivity contribution in [3.63, 3.8) is 0 Å². The highest BCUT2D eigenvalue weighted by Crippen LogP contribution is 2.29. The lowest BCUT2D eigenvalue weighted by Crippen LogP contribution is -2.45. The Kier molecular flexibility index (Phi) is 3.23. The first-order valence-corrected chi connectivity index (χ1v) is 6.84. The fourth-order valence-corrected chi connectivity index (χ4v) is 2.78. The molecule has 1 aromatic carbocycles. The summed E-state index contributed by atoms with van der Waals surface area (Å²) in [5.74, 6) is -0.545. The van der Waals surface area contributed by atoms with Gasteiger partial charge < -0.3 is 9.64 Å². The molecule has 0 unspecified atom stereocenters. The maximum atomic E-state index is 12.4. The number of nitrogens with zero attached hydrogens (tertiary/aromatic N) is 1. The predicted molar refractivity (Wildman–Crippen MR) is 69.7 cm³/mol. The number of benzene rings is 1. The van der Waals surface area contributed by atoms with E-state index in [0.29, 0.717) is 12.2 Å². The van der Waals surface area contributed by atoms with Crippen LogP contribution in [0.1, 0.15) is 24.8 Å². The number of piperidine rings is 1. The van der Waals surface area contributed by atoms with Gasteiger partial charge in [0.15, 0.2) is 0 Å². The average molecular weight is 259 g/mol. The van der Waals surface area contributed by atoms with E-state index in [-0.39, 0.29) is 5.91 Å². The topological polar surface area (TPSA) is 46.6 Å². The molecule has 1 aromatic rings. The summed E-state index contributed by atoms with van der Waals surface area (Å²) in [6.07, 6.45) is 3.69. The summed E-state index contributed by atoms with van der Waals surface area (Å²) in [4.78, 5) is 26.2. The van der Waals surface area contributed by atoms with Crippen LogP contribution in [0.5, 0.6) is 5.75 Å². The van der Waals surface area contributed by atoms with Gasteiger partial charge in [0.05, 0.1) is 0 Å². The fourth-order valence-electron chi connectivity index (χ4n) is 2.78. The van der Waals surface area contributed by atoms with Crippen LogP contribution < -0.4 is 4.74 Å². The average Bonchev–Trinajstić information content (AvgIpc) is 2.47. The summed E-state index contributed by atoms with van der Waals surface area (Å²) >= 11 is 0. The summed E-state index contributed by atoms with van der Waals surface area (Å²) in [6.45, 7) is 1.54. The Morgan fingerprint density at radius 1 is 1.16 bits per heavy atom. The van der Waals surface area contributed by atoms with E-state index in [9.17, 15) is 9.59 Å². The van der Waals surface area contributed by atoms with Crippen LogP contribution in [-0.4, -0.2) is 29.9 Å². The Labute approximate surface area is 112 Å². The second kappa shape index (κ2) is 5.03. The normalized spacial score (nSPS) is 22.6. The van der Waals surface area contributed by atoms with Crippen molar-refractivity contribution in [1.29, 1.82) is 0 Å². The molecule has 19 heavy (non-hydrogen) atoms. The maximum absolute atomic E-state index is 12.4. The molecule has 4 nitrogen and oxygen atoms in total. The molecule has 2 aliphatic rings.